The Hall–Kier alpha value is -1.17. The van der Waals surface area contributed by atoms with Gasteiger partial charge in [-0.1, -0.05) is 24.3 Å². The van der Waals surface area contributed by atoms with Crippen LogP contribution < -0.4 is 5.32 Å². The molecule has 1 aromatic carbocycles. The molecule has 0 aliphatic heterocycles. The van der Waals surface area contributed by atoms with Crippen molar-refractivity contribution in [3.8, 4) is 0 Å². The standard InChI is InChI=1S/C15H16BrNO2S/c1-10(15(18)19)12-4-2-11(3-5-12)8-17-9-14-13(16)6-7-20-14/h2-7,10,17H,8-9H2,1H3,(H,18,19). The van der Waals surface area contributed by atoms with Gasteiger partial charge in [0.1, 0.15) is 0 Å². The van der Waals surface area contributed by atoms with Crippen molar-refractivity contribution in [2.24, 2.45) is 0 Å². The monoisotopic (exact) mass is 353 g/mol. The van der Waals surface area contributed by atoms with Crippen molar-refractivity contribution in [2.45, 2.75) is 25.9 Å². The van der Waals surface area contributed by atoms with Gasteiger partial charge in [0.05, 0.1) is 5.92 Å². The maximum Gasteiger partial charge on any atom is 0.310 e. The summed E-state index contributed by atoms with van der Waals surface area (Å²) in [5.41, 5.74) is 1.99. The number of benzene rings is 1. The van der Waals surface area contributed by atoms with Gasteiger partial charge in [-0.2, -0.15) is 0 Å². The number of rotatable bonds is 6. The Labute approximate surface area is 130 Å². The predicted octanol–water partition coefficient (Wildman–Crippen LogP) is 3.99. The molecule has 0 fully saturated rings. The topological polar surface area (TPSA) is 49.3 Å². The number of hydrogen-bond acceptors (Lipinski definition) is 3. The van der Waals surface area contributed by atoms with E-state index in [2.05, 4.69) is 26.6 Å². The SMILES string of the molecule is CC(C(=O)O)c1ccc(CNCc2sccc2Br)cc1. The number of thiophene rings is 1. The Balaban J connectivity index is 1.88. The van der Waals surface area contributed by atoms with Crippen LogP contribution in [-0.4, -0.2) is 11.1 Å². The number of halogens is 1. The Morgan fingerprint density at radius 2 is 2.00 bits per heavy atom. The van der Waals surface area contributed by atoms with Crippen LogP contribution in [0.1, 0.15) is 28.8 Å². The van der Waals surface area contributed by atoms with Crippen molar-refractivity contribution in [1.82, 2.24) is 5.32 Å². The van der Waals surface area contributed by atoms with E-state index in [0.29, 0.717) is 0 Å². The molecule has 1 aromatic heterocycles. The molecule has 2 aromatic rings. The molecule has 20 heavy (non-hydrogen) atoms. The third-order valence-corrected chi connectivity index (χ3v) is 5.08. The first-order valence-electron chi connectivity index (χ1n) is 6.32. The maximum absolute atomic E-state index is 10.9. The van der Waals surface area contributed by atoms with E-state index >= 15 is 0 Å². The zero-order chi connectivity index (χ0) is 14.5. The van der Waals surface area contributed by atoms with Crippen molar-refractivity contribution in [3.05, 3.63) is 56.2 Å². The fourth-order valence-electron chi connectivity index (χ4n) is 1.84. The molecule has 1 unspecified atom stereocenters. The summed E-state index contributed by atoms with van der Waals surface area (Å²) in [4.78, 5) is 12.2. The van der Waals surface area contributed by atoms with Gasteiger partial charge in [0.25, 0.3) is 0 Å². The highest BCUT2D eigenvalue weighted by atomic mass is 79.9. The summed E-state index contributed by atoms with van der Waals surface area (Å²) >= 11 is 5.23. The van der Waals surface area contributed by atoms with Crippen LogP contribution in [0.5, 0.6) is 0 Å². The lowest BCUT2D eigenvalue weighted by atomic mass is 10.0. The molecule has 3 nitrogen and oxygen atoms in total. The lowest BCUT2D eigenvalue weighted by Gasteiger charge is -2.08. The van der Waals surface area contributed by atoms with Gasteiger partial charge in [-0.3, -0.25) is 4.79 Å². The smallest absolute Gasteiger partial charge is 0.310 e. The molecular weight excluding hydrogens is 338 g/mol. The Kier molecular flexibility index (Phi) is 5.34. The van der Waals surface area contributed by atoms with E-state index in [9.17, 15) is 4.79 Å². The van der Waals surface area contributed by atoms with Crippen molar-refractivity contribution < 1.29 is 9.90 Å². The minimum atomic E-state index is -0.793. The molecule has 2 rings (SSSR count). The summed E-state index contributed by atoms with van der Waals surface area (Å²) in [5.74, 6) is -1.25. The molecular formula is C15H16BrNO2S. The third kappa shape index (κ3) is 3.91. The summed E-state index contributed by atoms with van der Waals surface area (Å²) in [5, 5.41) is 14.4. The number of nitrogens with one attached hydrogen (secondary N) is 1. The van der Waals surface area contributed by atoms with Crippen LogP contribution in [0.2, 0.25) is 0 Å². The molecule has 2 N–H and O–H groups in total. The van der Waals surface area contributed by atoms with E-state index in [0.717, 1.165) is 28.7 Å². The van der Waals surface area contributed by atoms with Gasteiger partial charge in [-0.05, 0) is 45.4 Å². The van der Waals surface area contributed by atoms with Crippen LogP contribution in [-0.2, 0) is 17.9 Å². The van der Waals surface area contributed by atoms with Crippen LogP contribution in [0, 0.1) is 0 Å². The molecule has 0 amide bonds. The quantitative estimate of drug-likeness (QED) is 0.825. The largest absolute Gasteiger partial charge is 0.481 e. The highest BCUT2D eigenvalue weighted by Crippen LogP contribution is 2.22. The number of carboxylic acid groups (broad SMARTS) is 1. The number of aliphatic carboxylic acids is 1. The van der Waals surface area contributed by atoms with E-state index < -0.39 is 11.9 Å². The van der Waals surface area contributed by atoms with Crippen molar-refractivity contribution in [1.29, 1.82) is 0 Å². The van der Waals surface area contributed by atoms with Gasteiger partial charge in [0.2, 0.25) is 0 Å². The van der Waals surface area contributed by atoms with Gasteiger partial charge in [0.15, 0.2) is 0 Å². The lowest BCUT2D eigenvalue weighted by molar-refractivity contribution is -0.138. The average Bonchev–Trinajstić information content (AvgIpc) is 2.84. The molecule has 0 saturated carbocycles. The third-order valence-electron chi connectivity index (χ3n) is 3.16. The number of hydrogen-bond donors (Lipinski definition) is 2. The normalized spacial score (nSPS) is 12.3. The molecule has 0 aliphatic carbocycles. The van der Waals surface area contributed by atoms with Gasteiger partial charge in [0, 0.05) is 22.4 Å². The summed E-state index contributed by atoms with van der Waals surface area (Å²) < 4.78 is 1.14. The Morgan fingerprint density at radius 3 is 2.55 bits per heavy atom. The van der Waals surface area contributed by atoms with Crippen LogP contribution in [0.25, 0.3) is 0 Å². The Morgan fingerprint density at radius 1 is 1.30 bits per heavy atom. The van der Waals surface area contributed by atoms with E-state index in [4.69, 9.17) is 5.11 Å². The van der Waals surface area contributed by atoms with Crippen LogP contribution in [0.3, 0.4) is 0 Å². The molecule has 0 bridgehead atoms. The van der Waals surface area contributed by atoms with Gasteiger partial charge >= 0.3 is 5.97 Å². The van der Waals surface area contributed by atoms with Crippen molar-refractivity contribution >= 4 is 33.2 Å². The van der Waals surface area contributed by atoms with Crippen LogP contribution >= 0.6 is 27.3 Å². The van der Waals surface area contributed by atoms with E-state index in [-0.39, 0.29) is 0 Å². The molecule has 0 aliphatic rings. The molecule has 0 spiro atoms. The van der Waals surface area contributed by atoms with E-state index in [1.54, 1.807) is 18.3 Å². The Bertz CT molecular complexity index is 580. The minimum absolute atomic E-state index is 0.459. The second kappa shape index (κ2) is 7.02. The second-order valence-electron chi connectivity index (χ2n) is 4.60. The first kappa shape index (κ1) is 15.2. The predicted molar refractivity (Wildman–Crippen MR) is 85.1 cm³/mol. The highest BCUT2D eigenvalue weighted by molar-refractivity contribution is 9.10. The van der Waals surface area contributed by atoms with Gasteiger partial charge in [-0.25, -0.2) is 0 Å². The summed E-state index contributed by atoms with van der Waals surface area (Å²) in [6.07, 6.45) is 0. The fraction of sp³-hybridized carbons (Fsp3) is 0.267. The summed E-state index contributed by atoms with van der Waals surface area (Å²) in [6.45, 7) is 3.29. The second-order valence-corrected chi connectivity index (χ2v) is 6.45. The van der Waals surface area contributed by atoms with Crippen molar-refractivity contribution in [3.63, 3.8) is 0 Å². The zero-order valence-electron chi connectivity index (χ0n) is 11.1. The first-order valence-corrected chi connectivity index (χ1v) is 7.99. The molecule has 0 radical (unpaired) electrons. The van der Waals surface area contributed by atoms with Crippen LogP contribution in [0.4, 0.5) is 0 Å². The number of carboxylic acids is 1. The molecule has 1 heterocycles. The molecule has 5 heteroatoms. The summed E-state index contributed by atoms with van der Waals surface area (Å²) in [6, 6.07) is 9.77. The molecule has 106 valence electrons. The fourth-order valence-corrected chi connectivity index (χ4v) is 3.30. The number of carbonyl (C=O) groups is 1. The van der Waals surface area contributed by atoms with Gasteiger partial charge in [-0.15, -0.1) is 11.3 Å². The lowest BCUT2D eigenvalue weighted by Crippen LogP contribution is -2.12. The summed E-state index contributed by atoms with van der Waals surface area (Å²) in [7, 11) is 0. The van der Waals surface area contributed by atoms with Gasteiger partial charge < -0.3 is 10.4 Å². The van der Waals surface area contributed by atoms with Crippen LogP contribution in [0.15, 0.2) is 40.2 Å². The maximum atomic E-state index is 10.9. The molecule has 1 atom stereocenters. The first-order chi connectivity index (χ1) is 9.58. The zero-order valence-corrected chi connectivity index (χ0v) is 13.5. The molecule has 0 saturated heterocycles. The van der Waals surface area contributed by atoms with E-state index in [1.165, 1.54) is 4.88 Å². The van der Waals surface area contributed by atoms with Crippen molar-refractivity contribution in [2.75, 3.05) is 0 Å². The highest BCUT2D eigenvalue weighted by Gasteiger charge is 2.12. The average molecular weight is 354 g/mol. The van der Waals surface area contributed by atoms with E-state index in [1.807, 2.05) is 30.3 Å². The minimum Gasteiger partial charge on any atom is -0.481 e.